The number of benzene rings is 1. The number of H-pyrrole nitrogens is 1. The van der Waals surface area contributed by atoms with E-state index in [-0.39, 0.29) is 23.7 Å². The number of hydrogen-bond acceptors (Lipinski definition) is 5. The summed E-state index contributed by atoms with van der Waals surface area (Å²) < 4.78 is 59.0. The Labute approximate surface area is 144 Å². The minimum Gasteiger partial charge on any atom is -0.495 e. The Morgan fingerprint density at radius 2 is 2.16 bits per heavy atom. The first kappa shape index (κ1) is 17.7. The molecule has 0 amide bonds. The molecule has 1 aliphatic rings. The summed E-state index contributed by atoms with van der Waals surface area (Å²) >= 11 is 0. The maximum atomic E-state index is 13.6. The normalized spacial score (nSPS) is 21.6. The number of aromatic amines is 1. The van der Waals surface area contributed by atoms with Gasteiger partial charge in [0.1, 0.15) is 22.3 Å². The van der Waals surface area contributed by atoms with E-state index in [9.17, 15) is 17.2 Å². The molecule has 0 bridgehead atoms. The Balaban J connectivity index is 1.95. The lowest BCUT2D eigenvalue weighted by Gasteiger charge is -2.18. The van der Waals surface area contributed by atoms with Crippen molar-refractivity contribution in [1.29, 1.82) is 0 Å². The number of nitrogens with one attached hydrogen (secondary N) is 1. The number of aryl methyl sites for hydroxylation is 1. The van der Waals surface area contributed by atoms with Crippen LogP contribution in [0.25, 0.3) is 0 Å². The molecule has 0 unspecified atom stereocenters. The summed E-state index contributed by atoms with van der Waals surface area (Å²) in [4.78, 5) is 3.91. The average molecular weight is 372 g/mol. The molecule has 1 saturated heterocycles. The van der Waals surface area contributed by atoms with Crippen molar-refractivity contribution in [3.8, 4) is 5.75 Å². The molecular weight excluding hydrogens is 354 g/mol. The number of hydrogen-bond donors (Lipinski definition) is 1. The van der Waals surface area contributed by atoms with E-state index in [0.717, 1.165) is 16.4 Å². The summed E-state index contributed by atoms with van der Waals surface area (Å²) in [6.45, 7) is 0.997. The maximum absolute atomic E-state index is 13.6. The zero-order valence-corrected chi connectivity index (χ0v) is 14.6. The van der Waals surface area contributed by atoms with Crippen molar-refractivity contribution < 1.29 is 21.9 Å². The molecule has 2 aromatic rings. The molecule has 1 fully saturated rings. The fraction of sp³-hybridized carbons (Fsp3) is 0.467. The van der Waals surface area contributed by atoms with E-state index in [0.29, 0.717) is 11.6 Å². The quantitative estimate of drug-likeness (QED) is 0.862. The highest BCUT2D eigenvalue weighted by atomic mass is 32.2. The van der Waals surface area contributed by atoms with Crippen LogP contribution in [0, 0.1) is 18.7 Å². The first-order chi connectivity index (χ1) is 11.9. The van der Waals surface area contributed by atoms with Gasteiger partial charge in [-0.3, -0.25) is 9.49 Å². The van der Waals surface area contributed by atoms with Crippen LogP contribution in [0.1, 0.15) is 17.6 Å². The summed E-state index contributed by atoms with van der Waals surface area (Å²) in [7, 11) is -2.74. The van der Waals surface area contributed by atoms with Gasteiger partial charge in [-0.05, 0) is 25.1 Å². The van der Waals surface area contributed by atoms with Gasteiger partial charge >= 0.3 is 0 Å². The second-order valence-electron chi connectivity index (χ2n) is 5.92. The van der Waals surface area contributed by atoms with E-state index in [2.05, 4.69) is 15.2 Å². The fourth-order valence-corrected chi connectivity index (χ4v) is 4.68. The summed E-state index contributed by atoms with van der Waals surface area (Å²) in [5.41, 5.74) is 0. The zero-order chi connectivity index (χ0) is 18.2. The van der Waals surface area contributed by atoms with E-state index >= 15 is 0 Å². The standard InChI is InChI=1S/C15H18F2N4O3S/c1-9-18-15(20-19-9)12-8-21(7-10(12)6-16)25(22,23)14-5-11(17)3-4-13(14)24-2/h3-5,10,12H,6-8H2,1-2H3,(H,18,19,20)/t10-,12-/m1/s1. The van der Waals surface area contributed by atoms with Gasteiger partial charge in [0.2, 0.25) is 10.0 Å². The van der Waals surface area contributed by atoms with Crippen LogP contribution in [0.2, 0.25) is 0 Å². The van der Waals surface area contributed by atoms with E-state index in [4.69, 9.17) is 4.74 Å². The van der Waals surface area contributed by atoms with Crippen LogP contribution in [0.4, 0.5) is 8.78 Å². The number of sulfonamides is 1. The Morgan fingerprint density at radius 1 is 1.40 bits per heavy atom. The molecule has 7 nitrogen and oxygen atoms in total. The highest BCUT2D eigenvalue weighted by Gasteiger charge is 2.42. The van der Waals surface area contributed by atoms with Gasteiger partial charge in [0.15, 0.2) is 5.82 Å². The molecule has 10 heteroatoms. The largest absolute Gasteiger partial charge is 0.495 e. The van der Waals surface area contributed by atoms with Crippen LogP contribution in [0.5, 0.6) is 5.75 Å². The number of nitrogens with zero attached hydrogens (tertiary/aromatic N) is 3. The predicted octanol–water partition coefficient (Wildman–Crippen LogP) is 1.63. The molecule has 0 saturated carbocycles. The van der Waals surface area contributed by atoms with Gasteiger partial charge in [-0.15, -0.1) is 0 Å². The van der Waals surface area contributed by atoms with Gasteiger partial charge in [0, 0.05) is 24.9 Å². The van der Waals surface area contributed by atoms with Crippen molar-refractivity contribution in [3.05, 3.63) is 35.7 Å². The third-order valence-corrected chi connectivity index (χ3v) is 6.15. The van der Waals surface area contributed by atoms with Crippen molar-refractivity contribution in [3.63, 3.8) is 0 Å². The third-order valence-electron chi connectivity index (χ3n) is 4.30. The van der Waals surface area contributed by atoms with Crippen molar-refractivity contribution in [2.75, 3.05) is 26.9 Å². The summed E-state index contributed by atoms with van der Waals surface area (Å²) in [6, 6.07) is 3.27. The summed E-state index contributed by atoms with van der Waals surface area (Å²) in [5, 5.41) is 6.70. The van der Waals surface area contributed by atoms with Crippen LogP contribution < -0.4 is 4.74 Å². The lowest BCUT2D eigenvalue weighted by molar-refractivity contribution is 0.345. The number of methoxy groups -OCH3 is 1. The minimum absolute atomic E-state index is 0.0217. The molecule has 1 aromatic carbocycles. The van der Waals surface area contributed by atoms with Gasteiger partial charge in [-0.2, -0.15) is 9.40 Å². The highest BCUT2D eigenvalue weighted by Crippen LogP contribution is 2.36. The molecule has 136 valence electrons. The molecule has 1 N–H and O–H groups in total. The van der Waals surface area contributed by atoms with Crippen molar-refractivity contribution in [1.82, 2.24) is 19.5 Å². The number of halogens is 2. The van der Waals surface area contributed by atoms with Crippen LogP contribution >= 0.6 is 0 Å². The maximum Gasteiger partial charge on any atom is 0.246 e. The van der Waals surface area contributed by atoms with Crippen LogP contribution in [-0.2, 0) is 10.0 Å². The van der Waals surface area contributed by atoms with Crippen molar-refractivity contribution >= 4 is 10.0 Å². The Bertz CT molecular complexity index is 871. The van der Waals surface area contributed by atoms with Crippen LogP contribution in [-0.4, -0.2) is 54.8 Å². The number of rotatable bonds is 5. The lowest BCUT2D eigenvalue weighted by atomic mass is 9.97. The van der Waals surface area contributed by atoms with Gasteiger partial charge in [0.05, 0.1) is 13.8 Å². The third kappa shape index (κ3) is 3.23. The minimum atomic E-state index is -4.05. The molecule has 0 aliphatic carbocycles. The topological polar surface area (TPSA) is 88.2 Å². The Kier molecular flexibility index (Phi) is 4.74. The smallest absolute Gasteiger partial charge is 0.246 e. The van der Waals surface area contributed by atoms with Gasteiger partial charge in [0.25, 0.3) is 0 Å². The average Bonchev–Trinajstić information content (AvgIpc) is 3.20. The molecule has 0 spiro atoms. The van der Waals surface area contributed by atoms with E-state index in [1.165, 1.54) is 13.2 Å². The fourth-order valence-electron chi connectivity index (χ4n) is 2.99. The van der Waals surface area contributed by atoms with Crippen molar-refractivity contribution in [2.24, 2.45) is 5.92 Å². The first-order valence-corrected chi connectivity index (χ1v) is 9.09. The molecule has 3 rings (SSSR count). The van der Waals surface area contributed by atoms with Crippen LogP contribution in [0.3, 0.4) is 0 Å². The second kappa shape index (κ2) is 6.68. The van der Waals surface area contributed by atoms with Gasteiger partial charge in [-0.25, -0.2) is 17.8 Å². The summed E-state index contributed by atoms with van der Waals surface area (Å²) in [6.07, 6.45) is 0. The number of aromatic nitrogens is 3. The van der Waals surface area contributed by atoms with E-state index in [1.807, 2.05) is 0 Å². The molecule has 1 aromatic heterocycles. The lowest BCUT2D eigenvalue weighted by Crippen LogP contribution is -2.29. The van der Waals surface area contributed by atoms with Crippen molar-refractivity contribution in [2.45, 2.75) is 17.7 Å². The molecule has 1 aliphatic heterocycles. The molecule has 0 radical (unpaired) electrons. The number of alkyl halides is 1. The number of ether oxygens (including phenoxy) is 1. The molecule has 25 heavy (non-hydrogen) atoms. The molecular formula is C15H18F2N4O3S. The van der Waals surface area contributed by atoms with E-state index in [1.54, 1.807) is 6.92 Å². The Hall–Kier alpha value is -2.07. The first-order valence-electron chi connectivity index (χ1n) is 7.65. The van der Waals surface area contributed by atoms with E-state index < -0.39 is 34.4 Å². The van der Waals surface area contributed by atoms with Gasteiger partial charge in [-0.1, -0.05) is 0 Å². The van der Waals surface area contributed by atoms with Crippen LogP contribution in [0.15, 0.2) is 23.1 Å². The second-order valence-corrected chi connectivity index (χ2v) is 7.82. The Morgan fingerprint density at radius 3 is 2.76 bits per heavy atom. The monoisotopic (exact) mass is 372 g/mol. The predicted molar refractivity (Wildman–Crippen MR) is 85.0 cm³/mol. The SMILES string of the molecule is COc1ccc(F)cc1S(=O)(=O)N1C[C@@H](CF)[C@H](c2n[nH]c(C)n2)C1. The highest BCUT2D eigenvalue weighted by molar-refractivity contribution is 7.89. The van der Waals surface area contributed by atoms with Gasteiger partial charge < -0.3 is 4.74 Å². The molecule has 2 atom stereocenters. The molecule has 2 heterocycles. The zero-order valence-electron chi connectivity index (χ0n) is 13.7. The summed E-state index contributed by atoms with van der Waals surface area (Å²) in [5.74, 6) is -0.740.